The van der Waals surface area contributed by atoms with Crippen molar-refractivity contribution < 1.29 is 37.1 Å². The number of nitrogens with zero attached hydrogens (tertiary/aromatic N) is 4. The van der Waals surface area contributed by atoms with E-state index in [0.29, 0.717) is 29.4 Å². The normalized spacial score (nSPS) is 18.1. The average Bonchev–Trinajstić information content (AvgIpc) is 3.32. The summed E-state index contributed by atoms with van der Waals surface area (Å²) in [7, 11) is 1.35. The first-order chi connectivity index (χ1) is 31.5. The molecular weight excluding hydrogens is 849 g/mol. The molecule has 1 saturated heterocycles. The van der Waals surface area contributed by atoms with Crippen molar-refractivity contribution in [2.75, 3.05) is 52.6 Å². The Balaban J connectivity index is 1.46. The maximum absolute atomic E-state index is 14.3. The molecule has 1 aliphatic heterocycles. The molecule has 346 valence electrons. The third kappa shape index (κ3) is 12.0. The zero-order chi connectivity index (χ0) is 46.3. The van der Waals surface area contributed by atoms with Gasteiger partial charge in [0.1, 0.15) is 47.9 Å². The maximum Gasteiger partial charge on any atom is 0.349 e. The van der Waals surface area contributed by atoms with Gasteiger partial charge in [-0.1, -0.05) is 84.9 Å². The first kappa shape index (κ1) is 49.2. The van der Waals surface area contributed by atoms with E-state index in [1.165, 1.54) is 4.57 Å². The van der Waals surface area contributed by atoms with Crippen molar-refractivity contribution in [3.63, 3.8) is 0 Å². The second-order valence-electron chi connectivity index (χ2n) is 16.2. The van der Waals surface area contributed by atoms with Gasteiger partial charge < -0.3 is 38.0 Å². The molecule has 13 nitrogen and oxygen atoms in total. The van der Waals surface area contributed by atoms with Crippen molar-refractivity contribution in [2.45, 2.75) is 89.6 Å². The second kappa shape index (κ2) is 23.8. The van der Waals surface area contributed by atoms with Crippen molar-refractivity contribution in [1.29, 1.82) is 5.26 Å². The molecule has 15 heteroatoms. The van der Waals surface area contributed by atoms with Crippen LogP contribution < -0.4 is 20.5 Å². The number of nitrogens with one attached hydrogen (secondary N) is 1. The fourth-order valence-corrected chi connectivity index (χ4v) is 9.95. The summed E-state index contributed by atoms with van der Waals surface area (Å²) in [6, 6.07) is 36.5. The third-order valence-corrected chi connectivity index (χ3v) is 13.4. The smallest absolute Gasteiger partial charge is 0.349 e. The van der Waals surface area contributed by atoms with Crippen LogP contribution in [0.2, 0.25) is 0 Å². The van der Waals surface area contributed by atoms with Gasteiger partial charge in [0.15, 0.2) is 0 Å². The molecule has 1 fully saturated rings. The van der Waals surface area contributed by atoms with E-state index < -0.39 is 50.8 Å². The number of hydrogen-bond donors (Lipinski definition) is 1. The number of methoxy groups -OCH3 is 2. The largest absolute Gasteiger partial charge is 0.497 e. The molecule has 4 aromatic carbocycles. The number of halogens is 1. The van der Waals surface area contributed by atoms with Crippen LogP contribution in [0.25, 0.3) is 0 Å². The van der Waals surface area contributed by atoms with Crippen LogP contribution in [0.4, 0.5) is 10.2 Å². The number of alkyl halides is 1. The van der Waals surface area contributed by atoms with E-state index in [9.17, 15) is 14.4 Å². The summed E-state index contributed by atoms with van der Waals surface area (Å²) in [5.41, 5.74) is 2.47. The number of hydrogen-bond acceptors (Lipinski definition) is 12. The zero-order valence-corrected chi connectivity index (χ0v) is 39.2. The number of aryl methyl sites for hydroxylation is 1. The molecule has 5 atom stereocenters. The first-order valence-corrected chi connectivity index (χ1v) is 23.1. The lowest BCUT2D eigenvalue weighted by atomic mass is 9.80. The topological polar surface area (TPSA) is 139 Å². The van der Waals surface area contributed by atoms with Crippen LogP contribution in [-0.4, -0.2) is 91.9 Å². The standard InChI is InChI=1S/C50H61FN5O8P/c1-35(2)56(36(3)4)65(63-29-14-28-52)64-47-45(61-33-44(46(47)60-30-27-51)55-32-37(5)48(54-49(55)57)53-31-38-15-10-8-11-16-38)34-62-50(39-17-12-9-13-18-39,40-19-23-42(58-6)24-20-40)41-21-25-43(59-7)26-22-41/h8-13,15-26,32,35-36,44-47H,14,27,29-31,33-34H2,1-7H3,(H,53,54,57)/t44-,45-,46+,47-,65?/m1/s1. The Kier molecular flexibility index (Phi) is 18.0. The Bertz CT molecular complexity index is 2260. The lowest BCUT2D eigenvalue weighted by Crippen LogP contribution is -2.56. The molecular formula is C50H61FN5O8P. The van der Waals surface area contributed by atoms with Crippen LogP contribution in [0.1, 0.15) is 68.0 Å². The SMILES string of the molecule is COc1ccc(C(OC[C@H]2OC[C@@H](n3cc(C)c(NCc4ccccc4)nc3=O)[C@H](OCCF)[C@@H]2OP(OCCC#N)N(C(C)C)C(C)C)(c2ccccc2)c2ccc(OC)cc2)cc1. The molecule has 0 saturated carbocycles. The summed E-state index contributed by atoms with van der Waals surface area (Å²) < 4.78 is 63.3. The summed E-state index contributed by atoms with van der Waals surface area (Å²) in [6.45, 7) is 9.50. The highest BCUT2D eigenvalue weighted by Gasteiger charge is 2.48. The highest BCUT2D eigenvalue weighted by atomic mass is 31.2. The predicted molar refractivity (Wildman–Crippen MR) is 250 cm³/mol. The zero-order valence-electron chi connectivity index (χ0n) is 38.3. The van der Waals surface area contributed by atoms with E-state index in [-0.39, 0.29) is 44.9 Å². The van der Waals surface area contributed by atoms with Gasteiger partial charge in [-0.15, -0.1) is 0 Å². The van der Waals surface area contributed by atoms with Crippen molar-refractivity contribution in [3.05, 3.63) is 154 Å². The van der Waals surface area contributed by atoms with Crippen LogP contribution >= 0.6 is 8.53 Å². The lowest BCUT2D eigenvalue weighted by Gasteiger charge is -2.46. The Morgan fingerprint density at radius 1 is 0.877 bits per heavy atom. The van der Waals surface area contributed by atoms with Gasteiger partial charge >= 0.3 is 5.69 Å². The van der Waals surface area contributed by atoms with E-state index in [0.717, 1.165) is 22.3 Å². The van der Waals surface area contributed by atoms with E-state index in [1.54, 1.807) is 20.4 Å². The number of aromatic nitrogens is 2. The Labute approximate surface area is 383 Å². The molecule has 6 rings (SSSR count). The molecule has 0 radical (unpaired) electrons. The molecule has 1 aliphatic rings. The van der Waals surface area contributed by atoms with Crippen LogP contribution in [0.3, 0.4) is 0 Å². The number of benzene rings is 4. The molecule has 0 aliphatic carbocycles. The van der Waals surface area contributed by atoms with Gasteiger partial charge in [-0.05, 0) is 81.1 Å². The monoisotopic (exact) mass is 909 g/mol. The molecule has 5 aromatic rings. The molecule has 65 heavy (non-hydrogen) atoms. The summed E-state index contributed by atoms with van der Waals surface area (Å²) in [4.78, 5) is 18.6. The van der Waals surface area contributed by atoms with Crippen molar-refractivity contribution in [2.24, 2.45) is 0 Å². The number of ether oxygens (including phenoxy) is 5. The predicted octanol–water partition coefficient (Wildman–Crippen LogP) is 9.15. The quantitative estimate of drug-likeness (QED) is 0.0380. The summed E-state index contributed by atoms with van der Waals surface area (Å²) in [5.74, 6) is 1.80. The molecule has 1 aromatic heterocycles. The van der Waals surface area contributed by atoms with Crippen LogP contribution in [0.5, 0.6) is 11.5 Å². The van der Waals surface area contributed by atoms with E-state index >= 15 is 0 Å². The minimum absolute atomic E-state index is 0.0165. The Morgan fingerprint density at radius 3 is 2.02 bits per heavy atom. The van der Waals surface area contributed by atoms with Gasteiger partial charge in [0, 0.05) is 30.4 Å². The van der Waals surface area contributed by atoms with E-state index in [4.69, 9.17) is 32.7 Å². The second-order valence-corrected chi connectivity index (χ2v) is 17.6. The number of rotatable bonds is 23. The number of nitriles is 1. The van der Waals surface area contributed by atoms with Gasteiger partial charge in [0.05, 0.1) is 59.2 Å². The third-order valence-electron chi connectivity index (χ3n) is 11.2. The maximum atomic E-state index is 14.3. The average molecular weight is 910 g/mol. The minimum atomic E-state index is -1.89. The minimum Gasteiger partial charge on any atom is -0.497 e. The Hall–Kier alpha value is -5.23. The fourth-order valence-electron chi connectivity index (χ4n) is 8.18. The van der Waals surface area contributed by atoms with Gasteiger partial charge in [-0.25, -0.2) is 13.9 Å². The van der Waals surface area contributed by atoms with Crippen LogP contribution in [-0.2, 0) is 35.4 Å². The fraction of sp³-hybridized carbons (Fsp3) is 0.420. The van der Waals surface area contributed by atoms with Gasteiger partial charge in [0.25, 0.3) is 8.53 Å². The van der Waals surface area contributed by atoms with Crippen LogP contribution in [0, 0.1) is 18.3 Å². The highest BCUT2D eigenvalue weighted by molar-refractivity contribution is 7.44. The van der Waals surface area contributed by atoms with Crippen LogP contribution in [0.15, 0.2) is 120 Å². The molecule has 1 N–H and O–H groups in total. The highest BCUT2D eigenvalue weighted by Crippen LogP contribution is 2.50. The summed E-state index contributed by atoms with van der Waals surface area (Å²) in [6.07, 6.45) is -0.924. The van der Waals surface area contributed by atoms with E-state index in [1.807, 2.05) is 144 Å². The van der Waals surface area contributed by atoms with Crippen molar-refractivity contribution in [1.82, 2.24) is 14.2 Å². The first-order valence-electron chi connectivity index (χ1n) is 21.9. The molecule has 0 bridgehead atoms. The molecule has 2 heterocycles. The lowest BCUT2D eigenvalue weighted by molar-refractivity contribution is -0.194. The van der Waals surface area contributed by atoms with Gasteiger partial charge in [-0.2, -0.15) is 10.2 Å². The summed E-state index contributed by atoms with van der Waals surface area (Å²) in [5, 5.41) is 12.8. The van der Waals surface area contributed by atoms with Gasteiger partial charge in [0.2, 0.25) is 0 Å². The van der Waals surface area contributed by atoms with E-state index in [2.05, 4.69) is 21.0 Å². The van der Waals surface area contributed by atoms with Crippen molar-refractivity contribution >= 4 is 14.3 Å². The number of anilines is 1. The molecule has 0 spiro atoms. The van der Waals surface area contributed by atoms with Gasteiger partial charge in [-0.3, -0.25) is 4.57 Å². The summed E-state index contributed by atoms with van der Waals surface area (Å²) >= 11 is 0. The Morgan fingerprint density at radius 2 is 1.46 bits per heavy atom. The molecule has 1 unspecified atom stereocenters. The van der Waals surface area contributed by atoms with Crippen molar-refractivity contribution in [3.8, 4) is 17.6 Å². The molecule has 0 amide bonds.